The SMILES string of the molecule is CC1(C)N=C(Cl)C(=O)N1Cc1ccccc1. The summed E-state index contributed by atoms with van der Waals surface area (Å²) in [6, 6.07) is 9.81. The molecule has 0 spiro atoms. The quantitative estimate of drug-likeness (QED) is 0.776. The molecule has 0 aliphatic carbocycles. The van der Waals surface area contributed by atoms with Crippen molar-refractivity contribution in [1.82, 2.24) is 4.90 Å². The Kier molecular flexibility index (Phi) is 2.72. The maximum Gasteiger partial charge on any atom is 0.286 e. The van der Waals surface area contributed by atoms with Crippen molar-refractivity contribution in [3.05, 3.63) is 35.9 Å². The van der Waals surface area contributed by atoms with Gasteiger partial charge in [0.1, 0.15) is 5.66 Å². The van der Waals surface area contributed by atoms with E-state index in [0.717, 1.165) is 5.56 Å². The highest BCUT2D eigenvalue weighted by Crippen LogP contribution is 2.26. The Labute approximate surface area is 99.7 Å². The Hall–Kier alpha value is -1.35. The van der Waals surface area contributed by atoms with E-state index < -0.39 is 5.66 Å². The van der Waals surface area contributed by atoms with Crippen LogP contribution in [0.1, 0.15) is 19.4 Å². The standard InChI is InChI=1S/C12H13ClN2O/c1-12(2)14-10(13)11(16)15(12)8-9-6-4-3-5-7-9/h3-7H,8H2,1-2H3. The Morgan fingerprint density at radius 1 is 1.31 bits per heavy atom. The van der Waals surface area contributed by atoms with Gasteiger partial charge in [-0.1, -0.05) is 41.9 Å². The van der Waals surface area contributed by atoms with E-state index >= 15 is 0 Å². The number of hydrogen-bond donors (Lipinski definition) is 0. The van der Waals surface area contributed by atoms with E-state index in [4.69, 9.17) is 11.6 Å². The van der Waals surface area contributed by atoms with E-state index in [0.29, 0.717) is 6.54 Å². The first-order chi connectivity index (χ1) is 7.50. The van der Waals surface area contributed by atoms with Crippen molar-refractivity contribution in [3.63, 3.8) is 0 Å². The number of hydrogen-bond acceptors (Lipinski definition) is 2. The van der Waals surface area contributed by atoms with Gasteiger partial charge in [-0.25, -0.2) is 4.99 Å². The van der Waals surface area contributed by atoms with Crippen molar-refractivity contribution in [3.8, 4) is 0 Å². The average Bonchev–Trinajstić information content (AvgIpc) is 2.42. The van der Waals surface area contributed by atoms with E-state index in [2.05, 4.69) is 4.99 Å². The zero-order valence-electron chi connectivity index (χ0n) is 9.27. The molecule has 1 heterocycles. The van der Waals surface area contributed by atoms with Gasteiger partial charge in [0.2, 0.25) is 0 Å². The smallest absolute Gasteiger partial charge is 0.286 e. The zero-order chi connectivity index (χ0) is 11.8. The van der Waals surface area contributed by atoms with Gasteiger partial charge in [0, 0.05) is 6.54 Å². The lowest BCUT2D eigenvalue weighted by molar-refractivity contribution is -0.127. The predicted octanol–water partition coefficient (Wildman–Crippen LogP) is 2.40. The Bertz CT molecular complexity index is 440. The van der Waals surface area contributed by atoms with Crippen LogP contribution in [0.25, 0.3) is 0 Å². The minimum absolute atomic E-state index is 0.0703. The fourth-order valence-electron chi connectivity index (χ4n) is 1.74. The molecule has 0 fully saturated rings. The Balaban J connectivity index is 2.21. The van der Waals surface area contributed by atoms with Crippen molar-refractivity contribution >= 4 is 22.7 Å². The molecule has 0 radical (unpaired) electrons. The maximum absolute atomic E-state index is 11.8. The van der Waals surface area contributed by atoms with Crippen LogP contribution in [0.3, 0.4) is 0 Å². The normalized spacial score (nSPS) is 18.8. The van der Waals surface area contributed by atoms with Crippen LogP contribution < -0.4 is 0 Å². The first-order valence-corrected chi connectivity index (χ1v) is 5.50. The molecule has 0 saturated carbocycles. The number of carbonyl (C=O) groups is 1. The van der Waals surface area contributed by atoms with Crippen molar-refractivity contribution in [1.29, 1.82) is 0 Å². The molecule has 0 unspecified atom stereocenters. The molecule has 84 valence electrons. The van der Waals surface area contributed by atoms with E-state index in [9.17, 15) is 4.79 Å². The number of amides is 1. The van der Waals surface area contributed by atoms with Gasteiger partial charge >= 0.3 is 0 Å². The van der Waals surface area contributed by atoms with E-state index in [1.165, 1.54) is 0 Å². The van der Waals surface area contributed by atoms with E-state index in [-0.39, 0.29) is 11.1 Å². The monoisotopic (exact) mass is 236 g/mol. The van der Waals surface area contributed by atoms with Crippen molar-refractivity contribution in [2.24, 2.45) is 4.99 Å². The highest BCUT2D eigenvalue weighted by Gasteiger charge is 2.39. The van der Waals surface area contributed by atoms with Gasteiger partial charge in [0.25, 0.3) is 5.91 Å². The van der Waals surface area contributed by atoms with Crippen LogP contribution >= 0.6 is 11.6 Å². The van der Waals surface area contributed by atoms with Gasteiger partial charge in [0.15, 0.2) is 5.17 Å². The first-order valence-electron chi connectivity index (χ1n) is 5.12. The number of halogens is 1. The van der Waals surface area contributed by atoms with Gasteiger partial charge in [-0.3, -0.25) is 4.79 Å². The lowest BCUT2D eigenvalue weighted by Gasteiger charge is -2.29. The molecule has 0 N–H and O–H groups in total. The molecule has 0 aromatic heterocycles. The molecule has 3 nitrogen and oxygen atoms in total. The maximum atomic E-state index is 11.8. The number of nitrogens with zero attached hydrogens (tertiary/aromatic N) is 2. The fourth-order valence-corrected chi connectivity index (χ4v) is 2.05. The number of carbonyl (C=O) groups excluding carboxylic acids is 1. The van der Waals surface area contributed by atoms with Gasteiger partial charge in [-0.15, -0.1) is 0 Å². The van der Waals surface area contributed by atoms with E-state index in [1.807, 2.05) is 44.2 Å². The van der Waals surface area contributed by atoms with Crippen LogP contribution in [0, 0.1) is 0 Å². The van der Waals surface area contributed by atoms with Gasteiger partial charge in [-0.05, 0) is 19.4 Å². The summed E-state index contributed by atoms with van der Waals surface area (Å²) in [7, 11) is 0. The van der Waals surface area contributed by atoms with Crippen LogP contribution in [-0.4, -0.2) is 21.6 Å². The third kappa shape index (κ3) is 1.95. The summed E-state index contributed by atoms with van der Waals surface area (Å²) in [6.07, 6.45) is 0. The third-order valence-electron chi connectivity index (χ3n) is 2.64. The molecule has 1 aromatic carbocycles. The highest BCUT2D eigenvalue weighted by atomic mass is 35.5. The van der Waals surface area contributed by atoms with Gasteiger partial charge < -0.3 is 4.90 Å². The molecule has 16 heavy (non-hydrogen) atoms. The number of benzene rings is 1. The summed E-state index contributed by atoms with van der Waals surface area (Å²) in [6.45, 7) is 4.29. The minimum Gasteiger partial charge on any atom is -0.308 e. The minimum atomic E-state index is -0.552. The highest BCUT2D eigenvalue weighted by molar-refractivity contribution is 6.83. The molecule has 1 aliphatic heterocycles. The molecule has 0 bridgehead atoms. The zero-order valence-corrected chi connectivity index (χ0v) is 10.0. The van der Waals surface area contributed by atoms with Crippen molar-refractivity contribution < 1.29 is 4.79 Å². The lowest BCUT2D eigenvalue weighted by atomic mass is 10.1. The molecule has 1 aromatic rings. The lowest BCUT2D eigenvalue weighted by Crippen LogP contribution is -2.41. The predicted molar refractivity (Wildman–Crippen MR) is 64.4 cm³/mol. The fraction of sp³-hybridized carbons (Fsp3) is 0.333. The molecule has 2 rings (SSSR count). The van der Waals surface area contributed by atoms with Crippen LogP contribution in [0.5, 0.6) is 0 Å². The topological polar surface area (TPSA) is 32.7 Å². The summed E-state index contributed by atoms with van der Waals surface area (Å²) in [5.74, 6) is -0.199. The third-order valence-corrected chi connectivity index (χ3v) is 2.88. The average molecular weight is 237 g/mol. The van der Waals surface area contributed by atoms with Crippen LogP contribution in [0.15, 0.2) is 35.3 Å². The number of aliphatic imine (C=N–C) groups is 1. The molecule has 0 saturated heterocycles. The molecule has 1 amide bonds. The molecular weight excluding hydrogens is 224 g/mol. The second-order valence-electron chi connectivity index (χ2n) is 4.27. The van der Waals surface area contributed by atoms with Gasteiger partial charge in [-0.2, -0.15) is 0 Å². The number of rotatable bonds is 2. The summed E-state index contributed by atoms with van der Waals surface area (Å²) >= 11 is 5.77. The van der Waals surface area contributed by atoms with E-state index in [1.54, 1.807) is 4.90 Å². The van der Waals surface area contributed by atoms with Gasteiger partial charge in [0.05, 0.1) is 0 Å². The second kappa shape index (κ2) is 3.91. The summed E-state index contributed by atoms with van der Waals surface area (Å²) < 4.78 is 0. The van der Waals surface area contributed by atoms with Crippen LogP contribution in [-0.2, 0) is 11.3 Å². The Morgan fingerprint density at radius 3 is 2.44 bits per heavy atom. The second-order valence-corrected chi connectivity index (χ2v) is 4.63. The summed E-state index contributed by atoms with van der Waals surface area (Å²) in [4.78, 5) is 17.6. The van der Waals surface area contributed by atoms with Crippen LogP contribution in [0.2, 0.25) is 0 Å². The van der Waals surface area contributed by atoms with Crippen molar-refractivity contribution in [2.75, 3.05) is 0 Å². The summed E-state index contributed by atoms with van der Waals surface area (Å²) in [5.41, 5.74) is 0.523. The molecular formula is C12H13ClN2O. The van der Waals surface area contributed by atoms with Crippen LogP contribution in [0.4, 0.5) is 0 Å². The Morgan fingerprint density at radius 2 is 1.94 bits per heavy atom. The largest absolute Gasteiger partial charge is 0.308 e. The summed E-state index contributed by atoms with van der Waals surface area (Å²) in [5, 5.41) is 0.0703. The first kappa shape index (κ1) is 11.1. The molecule has 0 atom stereocenters. The van der Waals surface area contributed by atoms with Crippen molar-refractivity contribution in [2.45, 2.75) is 26.1 Å². The molecule has 4 heteroatoms. The molecule has 1 aliphatic rings.